The van der Waals surface area contributed by atoms with Crippen molar-refractivity contribution in [2.75, 3.05) is 7.11 Å². The van der Waals surface area contributed by atoms with Gasteiger partial charge in [0.2, 0.25) is 6.10 Å². The summed E-state index contributed by atoms with van der Waals surface area (Å²) < 4.78 is 52.4. The molecule has 1 atom stereocenters. The van der Waals surface area contributed by atoms with E-state index in [1.165, 1.54) is 13.2 Å². The van der Waals surface area contributed by atoms with Crippen LogP contribution >= 0.6 is 0 Å². The molecule has 0 spiro atoms. The van der Waals surface area contributed by atoms with Crippen molar-refractivity contribution in [1.29, 1.82) is 0 Å². The van der Waals surface area contributed by atoms with Crippen LogP contribution in [-0.4, -0.2) is 12.0 Å². The van der Waals surface area contributed by atoms with Crippen LogP contribution in [0, 0.1) is 27.6 Å². The van der Waals surface area contributed by atoms with Crippen molar-refractivity contribution in [1.82, 2.24) is 0 Å². The highest BCUT2D eigenvalue weighted by atomic mass is 19.2. The van der Waals surface area contributed by atoms with Gasteiger partial charge in [0.15, 0.2) is 11.6 Å². The van der Waals surface area contributed by atoms with Gasteiger partial charge >= 0.3 is 0 Å². The molecule has 0 aliphatic carbocycles. The van der Waals surface area contributed by atoms with Gasteiger partial charge in [0, 0.05) is 34.0 Å². The third-order valence-corrected chi connectivity index (χ3v) is 4.55. The zero-order valence-corrected chi connectivity index (χ0v) is 14.4. The number of ether oxygens (including phenoxy) is 2. The molecular formula is C20H12F3NO4. The summed E-state index contributed by atoms with van der Waals surface area (Å²) in [5, 5.41) is 12.8. The van der Waals surface area contributed by atoms with Gasteiger partial charge < -0.3 is 9.47 Å². The first-order chi connectivity index (χ1) is 13.4. The molecule has 0 bridgehead atoms. The Kier molecular flexibility index (Phi) is 4.18. The van der Waals surface area contributed by atoms with Gasteiger partial charge in [-0.3, -0.25) is 10.1 Å². The summed E-state index contributed by atoms with van der Waals surface area (Å²) in [6.45, 7) is 0. The number of rotatable bonds is 3. The number of nitrogens with zero attached hydrogens (tertiary/aromatic N) is 1. The van der Waals surface area contributed by atoms with E-state index < -0.39 is 39.7 Å². The van der Waals surface area contributed by atoms with E-state index in [9.17, 15) is 23.3 Å². The molecule has 3 aromatic rings. The maximum Gasteiger partial charge on any atom is 0.291 e. The van der Waals surface area contributed by atoms with Gasteiger partial charge in [-0.25, -0.2) is 13.2 Å². The Balaban J connectivity index is 1.97. The van der Waals surface area contributed by atoms with E-state index in [2.05, 4.69) is 0 Å². The average Bonchev–Trinajstić information content (AvgIpc) is 2.69. The molecule has 0 radical (unpaired) electrons. The minimum absolute atomic E-state index is 0.260. The Morgan fingerprint density at radius 2 is 1.71 bits per heavy atom. The first-order valence-electron chi connectivity index (χ1n) is 8.17. The van der Waals surface area contributed by atoms with Crippen LogP contribution in [0.2, 0.25) is 0 Å². The van der Waals surface area contributed by atoms with Crippen molar-refractivity contribution in [3.63, 3.8) is 0 Å². The summed E-state index contributed by atoms with van der Waals surface area (Å²) in [6.07, 6.45) is -0.325. The molecule has 0 saturated carbocycles. The Morgan fingerprint density at radius 1 is 1.04 bits per heavy atom. The summed E-state index contributed by atoms with van der Waals surface area (Å²) >= 11 is 0. The molecule has 8 heteroatoms. The lowest BCUT2D eigenvalue weighted by atomic mass is 9.97. The van der Waals surface area contributed by atoms with Crippen molar-refractivity contribution < 1.29 is 27.6 Å². The maximum absolute atomic E-state index is 14.3. The van der Waals surface area contributed by atoms with Crippen LogP contribution < -0.4 is 9.47 Å². The standard InChI is InChI=1S/C20H12F3NO4/c1-27-18-7-10-6-17(24(25)26)20(13-8-15(22)16(23)9-14(13)21)28-19(10)12-5-3-2-4-11(12)18/h2-9,20H,1H3. The molecule has 142 valence electrons. The van der Waals surface area contributed by atoms with E-state index >= 15 is 0 Å². The molecule has 0 N–H and O–H groups in total. The fraction of sp³-hybridized carbons (Fsp3) is 0.100. The van der Waals surface area contributed by atoms with Gasteiger partial charge in [-0.1, -0.05) is 24.3 Å². The quantitative estimate of drug-likeness (QED) is 0.360. The van der Waals surface area contributed by atoms with Gasteiger partial charge in [-0.2, -0.15) is 0 Å². The van der Waals surface area contributed by atoms with Crippen molar-refractivity contribution in [2.45, 2.75) is 6.10 Å². The highest BCUT2D eigenvalue weighted by Crippen LogP contribution is 2.45. The first kappa shape index (κ1) is 17.8. The number of hydrogen-bond acceptors (Lipinski definition) is 4. The largest absolute Gasteiger partial charge is 0.496 e. The van der Waals surface area contributed by atoms with Crippen LogP contribution in [0.4, 0.5) is 13.2 Å². The molecule has 0 fully saturated rings. The normalized spacial score (nSPS) is 15.6. The maximum atomic E-state index is 14.3. The highest BCUT2D eigenvalue weighted by molar-refractivity contribution is 5.97. The first-order valence-corrected chi connectivity index (χ1v) is 8.17. The monoisotopic (exact) mass is 387 g/mol. The van der Waals surface area contributed by atoms with Crippen molar-refractivity contribution in [2.24, 2.45) is 0 Å². The zero-order valence-electron chi connectivity index (χ0n) is 14.4. The van der Waals surface area contributed by atoms with E-state index in [4.69, 9.17) is 9.47 Å². The second-order valence-corrected chi connectivity index (χ2v) is 6.15. The van der Waals surface area contributed by atoms with E-state index in [0.29, 0.717) is 34.2 Å². The van der Waals surface area contributed by atoms with E-state index in [1.54, 1.807) is 30.3 Å². The summed E-state index contributed by atoms with van der Waals surface area (Å²) in [4.78, 5) is 10.8. The van der Waals surface area contributed by atoms with Crippen LogP contribution in [0.5, 0.6) is 11.5 Å². The van der Waals surface area contributed by atoms with Crippen molar-refractivity contribution in [3.8, 4) is 11.5 Å². The smallest absolute Gasteiger partial charge is 0.291 e. The number of benzene rings is 3. The minimum Gasteiger partial charge on any atom is -0.496 e. The third kappa shape index (κ3) is 2.74. The summed E-state index contributed by atoms with van der Waals surface area (Å²) in [5.41, 5.74) is -0.608. The molecule has 0 saturated heterocycles. The fourth-order valence-corrected chi connectivity index (χ4v) is 3.27. The summed E-state index contributed by atoms with van der Waals surface area (Å²) in [6, 6.07) is 9.50. The molecular weight excluding hydrogens is 375 g/mol. The number of hydrogen-bond donors (Lipinski definition) is 0. The number of fused-ring (bicyclic) bond motifs is 3. The molecule has 3 aromatic carbocycles. The molecule has 0 amide bonds. The fourth-order valence-electron chi connectivity index (χ4n) is 3.27. The van der Waals surface area contributed by atoms with Crippen LogP contribution in [0.3, 0.4) is 0 Å². The predicted octanol–water partition coefficient (Wildman–Crippen LogP) is 5.02. The lowest BCUT2D eigenvalue weighted by Gasteiger charge is -2.25. The molecule has 5 nitrogen and oxygen atoms in total. The number of methoxy groups -OCH3 is 1. The van der Waals surface area contributed by atoms with Gasteiger partial charge in [-0.05, 0) is 12.1 Å². The minimum atomic E-state index is -1.55. The molecule has 1 heterocycles. The van der Waals surface area contributed by atoms with E-state index in [1.807, 2.05) is 0 Å². The average molecular weight is 387 g/mol. The molecule has 28 heavy (non-hydrogen) atoms. The summed E-state index contributed by atoms with van der Waals surface area (Å²) in [7, 11) is 1.47. The van der Waals surface area contributed by atoms with E-state index in [-0.39, 0.29) is 5.75 Å². The van der Waals surface area contributed by atoms with Crippen LogP contribution in [0.1, 0.15) is 17.2 Å². The molecule has 1 unspecified atom stereocenters. The number of halogens is 3. The molecule has 4 rings (SSSR count). The lowest BCUT2D eigenvalue weighted by Crippen LogP contribution is -2.21. The topological polar surface area (TPSA) is 61.6 Å². The molecule has 1 aliphatic heterocycles. The second kappa shape index (κ2) is 6.56. The van der Waals surface area contributed by atoms with Gasteiger partial charge in [0.05, 0.1) is 12.0 Å². The van der Waals surface area contributed by atoms with Crippen molar-refractivity contribution in [3.05, 3.63) is 86.9 Å². The van der Waals surface area contributed by atoms with Gasteiger partial charge in [-0.15, -0.1) is 0 Å². The predicted molar refractivity (Wildman–Crippen MR) is 95.2 cm³/mol. The van der Waals surface area contributed by atoms with Gasteiger partial charge in [0.1, 0.15) is 17.3 Å². The third-order valence-electron chi connectivity index (χ3n) is 4.55. The Bertz CT molecular complexity index is 1160. The Hall–Kier alpha value is -3.55. The van der Waals surface area contributed by atoms with Gasteiger partial charge in [0.25, 0.3) is 5.70 Å². The number of nitro groups is 1. The zero-order chi connectivity index (χ0) is 20.0. The SMILES string of the molecule is COc1cc2c(c3ccccc13)OC(c1cc(F)c(F)cc1F)C([N+](=O)[O-])=C2. The molecule has 0 aromatic heterocycles. The Labute approximate surface area is 156 Å². The van der Waals surface area contributed by atoms with Crippen LogP contribution in [0.15, 0.2) is 48.2 Å². The van der Waals surface area contributed by atoms with Crippen molar-refractivity contribution >= 4 is 16.8 Å². The highest BCUT2D eigenvalue weighted by Gasteiger charge is 2.37. The van der Waals surface area contributed by atoms with Crippen LogP contribution in [0.25, 0.3) is 16.8 Å². The van der Waals surface area contributed by atoms with Crippen LogP contribution in [-0.2, 0) is 0 Å². The Morgan fingerprint density at radius 3 is 2.39 bits per heavy atom. The second-order valence-electron chi connectivity index (χ2n) is 6.15. The summed E-state index contributed by atoms with van der Waals surface area (Å²) in [5.74, 6) is -3.12. The van der Waals surface area contributed by atoms with E-state index in [0.717, 1.165) is 0 Å². The molecule has 1 aliphatic rings. The lowest BCUT2D eigenvalue weighted by molar-refractivity contribution is -0.434.